The minimum absolute atomic E-state index is 0.208. The van der Waals surface area contributed by atoms with E-state index in [1.807, 2.05) is 19.9 Å². The van der Waals surface area contributed by atoms with Crippen molar-refractivity contribution in [1.29, 1.82) is 0 Å². The van der Waals surface area contributed by atoms with Crippen LogP contribution in [0.5, 0.6) is 5.88 Å². The van der Waals surface area contributed by atoms with Crippen LogP contribution in [0.1, 0.15) is 36.3 Å². The third-order valence-electron chi connectivity index (χ3n) is 3.11. The van der Waals surface area contributed by atoms with Crippen LogP contribution in [0, 0.1) is 0 Å². The Labute approximate surface area is 134 Å². The van der Waals surface area contributed by atoms with Gasteiger partial charge >= 0.3 is 0 Å². The summed E-state index contributed by atoms with van der Waals surface area (Å²) in [7, 11) is 0. The fourth-order valence-electron chi connectivity index (χ4n) is 2.03. The standard InChI is InChI=1S/C16H20N4O3/c1-3-10-20-14(21)8-7-13(19-20)15(22)18-11-12-6-5-9-17-16(12)23-4-2/h5-9H,3-4,10-11H2,1-2H3,(H,18,22). The van der Waals surface area contributed by atoms with Gasteiger partial charge in [0.25, 0.3) is 11.5 Å². The Morgan fingerprint density at radius 3 is 2.87 bits per heavy atom. The van der Waals surface area contributed by atoms with E-state index in [0.29, 0.717) is 19.0 Å². The first kappa shape index (κ1) is 16.7. The molecule has 0 saturated heterocycles. The van der Waals surface area contributed by atoms with Gasteiger partial charge in [-0.3, -0.25) is 9.59 Å². The lowest BCUT2D eigenvalue weighted by Crippen LogP contribution is -2.29. The van der Waals surface area contributed by atoms with Gasteiger partial charge in [-0.05, 0) is 25.5 Å². The van der Waals surface area contributed by atoms with E-state index in [2.05, 4.69) is 15.4 Å². The Hall–Kier alpha value is -2.70. The van der Waals surface area contributed by atoms with Crippen LogP contribution in [-0.2, 0) is 13.1 Å². The van der Waals surface area contributed by atoms with E-state index >= 15 is 0 Å². The van der Waals surface area contributed by atoms with Crippen LogP contribution in [0.15, 0.2) is 35.3 Å². The first-order valence-electron chi connectivity index (χ1n) is 7.58. The second-order valence-electron chi connectivity index (χ2n) is 4.86. The van der Waals surface area contributed by atoms with Gasteiger partial charge in [0.05, 0.1) is 6.61 Å². The molecule has 7 nitrogen and oxygen atoms in total. The Balaban J connectivity index is 2.08. The van der Waals surface area contributed by atoms with Crippen molar-refractivity contribution in [1.82, 2.24) is 20.1 Å². The SMILES string of the molecule is CCCn1nc(C(=O)NCc2cccnc2OCC)ccc1=O. The summed E-state index contributed by atoms with van der Waals surface area (Å²) < 4.78 is 6.71. The molecule has 23 heavy (non-hydrogen) atoms. The van der Waals surface area contributed by atoms with E-state index in [1.54, 1.807) is 12.3 Å². The van der Waals surface area contributed by atoms with Crippen LogP contribution in [0.25, 0.3) is 0 Å². The van der Waals surface area contributed by atoms with Gasteiger partial charge in [-0.1, -0.05) is 13.0 Å². The third-order valence-corrected chi connectivity index (χ3v) is 3.11. The van der Waals surface area contributed by atoms with Crippen LogP contribution < -0.4 is 15.6 Å². The zero-order valence-corrected chi connectivity index (χ0v) is 13.3. The molecule has 0 atom stereocenters. The van der Waals surface area contributed by atoms with Crippen molar-refractivity contribution in [2.24, 2.45) is 0 Å². The summed E-state index contributed by atoms with van der Waals surface area (Å²) in [6.07, 6.45) is 2.41. The molecule has 0 bridgehead atoms. The third kappa shape index (κ3) is 4.38. The molecule has 7 heteroatoms. The molecule has 0 unspecified atom stereocenters. The molecular formula is C16H20N4O3. The van der Waals surface area contributed by atoms with Gasteiger partial charge in [-0.25, -0.2) is 9.67 Å². The minimum atomic E-state index is -0.346. The fourth-order valence-corrected chi connectivity index (χ4v) is 2.03. The normalized spacial score (nSPS) is 10.3. The lowest BCUT2D eigenvalue weighted by molar-refractivity contribution is 0.0943. The lowest BCUT2D eigenvalue weighted by Gasteiger charge is -2.10. The molecule has 0 aliphatic rings. The number of amides is 1. The van der Waals surface area contributed by atoms with Crippen LogP contribution in [0.3, 0.4) is 0 Å². The molecule has 0 fully saturated rings. The van der Waals surface area contributed by atoms with Gasteiger partial charge in [-0.2, -0.15) is 5.10 Å². The maximum absolute atomic E-state index is 12.2. The van der Waals surface area contributed by atoms with E-state index in [1.165, 1.54) is 16.8 Å². The molecule has 0 aliphatic carbocycles. The minimum Gasteiger partial charge on any atom is -0.478 e. The van der Waals surface area contributed by atoms with E-state index < -0.39 is 0 Å². The topological polar surface area (TPSA) is 86.1 Å². The average molecular weight is 316 g/mol. The Bertz CT molecular complexity index is 727. The number of carbonyl (C=O) groups is 1. The Morgan fingerprint density at radius 2 is 2.13 bits per heavy atom. The van der Waals surface area contributed by atoms with Gasteiger partial charge < -0.3 is 10.1 Å². The number of hydrogen-bond donors (Lipinski definition) is 1. The summed E-state index contributed by atoms with van der Waals surface area (Å²) in [6.45, 7) is 5.07. The van der Waals surface area contributed by atoms with E-state index in [9.17, 15) is 9.59 Å². The Morgan fingerprint density at radius 1 is 1.30 bits per heavy atom. The van der Waals surface area contributed by atoms with Gasteiger partial charge in [0.15, 0.2) is 0 Å². The number of pyridine rings is 1. The van der Waals surface area contributed by atoms with Gasteiger partial charge in [0.1, 0.15) is 5.69 Å². The summed E-state index contributed by atoms with van der Waals surface area (Å²) >= 11 is 0. The predicted octanol–water partition coefficient (Wildman–Crippen LogP) is 1.38. The van der Waals surface area contributed by atoms with Crippen molar-refractivity contribution in [2.75, 3.05) is 6.61 Å². The first-order chi connectivity index (χ1) is 11.2. The zero-order chi connectivity index (χ0) is 16.7. The van der Waals surface area contributed by atoms with E-state index in [4.69, 9.17) is 4.74 Å². The number of nitrogens with one attached hydrogen (secondary N) is 1. The summed E-state index contributed by atoms with van der Waals surface area (Å²) in [5, 5.41) is 6.84. The first-order valence-corrected chi connectivity index (χ1v) is 7.58. The molecule has 2 heterocycles. The molecule has 0 spiro atoms. The predicted molar refractivity (Wildman–Crippen MR) is 85.4 cm³/mol. The van der Waals surface area contributed by atoms with Crippen molar-refractivity contribution in [3.8, 4) is 5.88 Å². The molecule has 0 saturated carbocycles. The highest BCUT2D eigenvalue weighted by Crippen LogP contribution is 2.13. The van der Waals surface area contributed by atoms with Crippen molar-refractivity contribution in [3.63, 3.8) is 0 Å². The van der Waals surface area contributed by atoms with Crippen LogP contribution in [0.2, 0.25) is 0 Å². The molecule has 1 N–H and O–H groups in total. The van der Waals surface area contributed by atoms with Gasteiger partial charge in [0, 0.05) is 30.9 Å². The van der Waals surface area contributed by atoms with E-state index in [0.717, 1.165) is 12.0 Å². The summed E-state index contributed by atoms with van der Waals surface area (Å²) in [5.41, 5.74) is 0.777. The summed E-state index contributed by atoms with van der Waals surface area (Å²) in [6, 6.07) is 6.40. The van der Waals surface area contributed by atoms with Crippen LogP contribution in [0.4, 0.5) is 0 Å². The molecule has 2 aromatic rings. The molecule has 0 radical (unpaired) electrons. The monoisotopic (exact) mass is 316 g/mol. The molecule has 2 aromatic heterocycles. The Kier molecular flexibility index (Phi) is 5.85. The number of hydrogen-bond acceptors (Lipinski definition) is 5. The van der Waals surface area contributed by atoms with Crippen molar-refractivity contribution < 1.29 is 9.53 Å². The highest BCUT2D eigenvalue weighted by Gasteiger charge is 2.11. The smallest absolute Gasteiger partial charge is 0.271 e. The van der Waals surface area contributed by atoms with Gasteiger partial charge in [0.2, 0.25) is 5.88 Å². The number of aromatic nitrogens is 3. The van der Waals surface area contributed by atoms with Crippen molar-refractivity contribution >= 4 is 5.91 Å². The fraction of sp³-hybridized carbons (Fsp3) is 0.375. The number of nitrogens with zero attached hydrogens (tertiary/aromatic N) is 3. The lowest BCUT2D eigenvalue weighted by atomic mass is 10.2. The second-order valence-corrected chi connectivity index (χ2v) is 4.86. The molecule has 1 amide bonds. The second kappa shape index (κ2) is 8.07. The summed E-state index contributed by atoms with van der Waals surface area (Å²) in [4.78, 5) is 28.0. The largest absolute Gasteiger partial charge is 0.478 e. The van der Waals surface area contributed by atoms with E-state index in [-0.39, 0.29) is 23.7 Å². The maximum atomic E-state index is 12.2. The molecule has 0 aromatic carbocycles. The highest BCUT2D eigenvalue weighted by molar-refractivity contribution is 5.91. The average Bonchev–Trinajstić information content (AvgIpc) is 2.56. The number of rotatable bonds is 7. The molecule has 122 valence electrons. The van der Waals surface area contributed by atoms with Crippen molar-refractivity contribution in [2.45, 2.75) is 33.4 Å². The number of ether oxygens (including phenoxy) is 1. The molecule has 0 aliphatic heterocycles. The quantitative estimate of drug-likeness (QED) is 0.834. The zero-order valence-electron chi connectivity index (χ0n) is 13.3. The molecule has 2 rings (SSSR count). The number of carbonyl (C=O) groups excluding carboxylic acids is 1. The number of aryl methyl sites for hydroxylation is 1. The summed E-state index contributed by atoms with van der Waals surface area (Å²) in [5.74, 6) is 0.153. The van der Waals surface area contributed by atoms with Gasteiger partial charge in [-0.15, -0.1) is 0 Å². The van der Waals surface area contributed by atoms with Crippen molar-refractivity contribution in [3.05, 3.63) is 52.1 Å². The van der Waals surface area contributed by atoms with Crippen LogP contribution in [-0.4, -0.2) is 27.3 Å². The maximum Gasteiger partial charge on any atom is 0.271 e. The van der Waals surface area contributed by atoms with Crippen LogP contribution >= 0.6 is 0 Å². The highest BCUT2D eigenvalue weighted by atomic mass is 16.5. The molecular weight excluding hydrogens is 296 g/mol.